The maximum Gasteiger partial charge on any atom is 0.472 e. The molecule has 0 amide bonds. The maximum absolute atomic E-state index is 12.0. The molecule has 0 radical (unpaired) electrons. The first-order valence-electron chi connectivity index (χ1n) is 9.32. The predicted octanol–water partition coefficient (Wildman–Crippen LogP) is 3.37. The number of methoxy groups -OCH3 is 1. The van der Waals surface area contributed by atoms with Crippen LogP contribution < -0.4 is 0 Å². The summed E-state index contributed by atoms with van der Waals surface area (Å²) in [5.41, 5.74) is 0.0252. The third-order valence-corrected chi connectivity index (χ3v) is 7.95. The van der Waals surface area contributed by atoms with Crippen LogP contribution >= 0.6 is 11.8 Å². The molecule has 140 valence electrons. The number of thioether (sulfide) groups is 1. The molecule has 0 spiro atoms. The number of nitrogens with zero attached hydrogens (tertiary/aromatic N) is 1. The highest BCUT2D eigenvalue weighted by molar-refractivity contribution is 8.01. The molecule has 5 nitrogen and oxygen atoms in total. The van der Waals surface area contributed by atoms with Gasteiger partial charge in [0.05, 0.1) is 35.4 Å². The van der Waals surface area contributed by atoms with E-state index in [1.165, 1.54) is 25.3 Å². The fourth-order valence-electron chi connectivity index (χ4n) is 5.07. The molecule has 2 bridgehead atoms. The number of aromatic nitrogens is 1. The van der Waals surface area contributed by atoms with Gasteiger partial charge in [0.15, 0.2) is 0 Å². The lowest BCUT2D eigenvalue weighted by molar-refractivity contribution is -0.199. The summed E-state index contributed by atoms with van der Waals surface area (Å²) in [4.78, 5) is 16.3. The normalized spacial score (nSPS) is 35.4. The van der Waals surface area contributed by atoms with Crippen LogP contribution in [0.1, 0.15) is 40.0 Å². The van der Waals surface area contributed by atoms with Crippen LogP contribution in [0.4, 0.5) is 0 Å². The Morgan fingerprint density at radius 2 is 2.23 bits per heavy atom. The van der Waals surface area contributed by atoms with Crippen LogP contribution in [0.15, 0.2) is 29.4 Å². The highest BCUT2D eigenvalue weighted by atomic mass is 32.2. The Bertz CT molecular complexity index is 687. The number of carbonyl (C=O) groups excluding carboxylic acids is 1. The summed E-state index contributed by atoms with van der Waals surface area (Å²) in [5, 5.41) is 0.679. The first-order valence-corrected chi connectivity index (χ1v) is 10.2. The van der Waals surface area contributed by atoms with E-state index >= 15 is 0 Å². The van der Waals surface area contributed by atoms with E-state index in [2.05, 4.69) is 25.8 Å². The lowest BCUT2D eigenvalue weighted by Crippen LogP contribution is -2.65. The van der Waals surface area contributed by atoms with Gasteiger partial charge in [0.2, 0.25) is 0 Å². The molecule has 5 rings (SSSR count). The zero-order chi connectivity index (χ0) is 18.5. The second-order valence-corrected chi connectivity index (χ2v) is 9.70. The largest absolute Gasteiger partial charge is 0.472 e. The Labute approximate surface area is 159 Å². The number of rotatable bonds is 5. The fraction of sp³-hybridized carbons (Fsp3) is 0.684. The summed E-state index contributed by atoms with van der Waals surface area (Å²) in [6.07, 6.45) is 4.35. The van der Waals surface area contributed by atoms with E-state index in [1.54, 1.807) is 6.20 Å². The molecule has 3 aliphatic carbocycles. The summed E-state index contributed by atoms with van der Waals surface area (Å²) in [7, 11) is 0.991. The molecule has 1 aliphatic heterocycles. The van der Waals surface area contributed by atoms with Crippen LogP contribution in [0, 0.1) is 17.3 Å². The van der Waals surface area contributed by atoms with Crippen LogP contribution in [0.25, 0.3) is 0 Å². The Balaban J connectivity index is 1.54. The minimum Gasteiger partial charge on any atom is -0.469 e. The van der Waals surface area contributed by atoms with Crippen molar-refractivity contribution in [3.05, 3.63) is 24.4 Å². The Morgan fingerprint density at radius 3 is 2.88 bits per heavy atom. The van der Waals surface area contributed by atoms with E-state index in [0.717, 1.165) is 11.4 Å². The average Bonchev–Trinajstić information content (AvgIpc) is 2.98. The zero-order valence-electron chi connectivity index (χ0n) is 15.8. The van der Waals surface area contributed by atoms with E-state index in [1.807, 2.05) is 18.2 Å². The molecule has 4 fully saturated rings. The number of carbonyl (C=O) groups is 1. The summed E-state index contributed by atoms with van der Waals surface area (Å²) in [6.45, 7) is 6.89. The van der Waals surface area contributed by atoms with Crippen molar-refractivity contribution in [2.24, 2.45) is 17.3 Å². The van der Waals surface area contributed by atoms with Gasteiger partial charge in [-0.25, -0.2) is 4.98 Å². The Morgan fingerprint density at radius 1 is 1.42 bits per heavy atom. The second-order valence-electron chi connectivity index (χ2n) is 8.44. The van der Waals surface area contributed by atoms with Crippen molar-refractivity contribution >= 4 is 24.8 Å². The summed E-state index contributed by atoms with van der Waals surface area (Å²) < 4.78 is 17.8. The van der Waals surface area contributed by atoms with Gasteiger partial charge < -0.3 is 14.0 Å². The van der Waals surface area contributed by atoms with Crippen LogP contribution in [-0.4, -0.2) is 42.0 Å². The van der Waals surface area contributed by atoms with Gasteiger partial charge in [-0.1, -0.05) is 19.9 Å². The molecular weight excluding hydrogens is 349 g/mol. The molecule has 3 saturated carbocycles. The highest BCUT2D eigenvalue weighted by Gasteiger charge is 2.68. The van der Waals surface area contributed by atoms with Crippen LogP contribution in [0.3, 0.4) is 0 Å². The van der Waals surface area contributed by atoms with E-state index in [9.17, 15) is 4.79 Å². The highest BCUT2D eigenvalue weighted by Crippen LogP contribution is 2.66. The minimum atomic E-state index is -0.425. The lowest BCUT2D eigenvalue weighted by Gasteiger charge is -2.64. The number of pyridine rings is 1. The third kappa shape index (κ3) is 2.88. The van der Waals surface area contributed by atoms with Crippen LogP contribution in [0.5, 0.6) is 0 Å². The molecule has 0 N–H and O–H groups in total. The number of hydrogen-bond acceptors (Lipinski definition) is 6. The quantitative estimate of drug-likeness (QED) is 0.447. The van der Waals surface area contributed by atoms with Crippen molar-refractivity contribution < 1.29 is 18.8 Å². The van der Waals surface area contributed by atoms with Crippen molar-refractivity contribution in [3.63, 3.8) is 0 Å². The maximum atomic E-state index is 12.0. The van der Waals surface area contributed by atoms with E-state index < -0.39 is 7.12 Å². The molecule has 2 heterocycles. The van der Waals surface area contributed by atoms with Gasteiger partial charge >= 0.3 is 13.1 Å². The lowest BCUT2D eigenvalue weighted by atomic mass is 9.43. The van der Waals surface area contributed by atoms with Gasteiger partial charge in [0.25, 0.3) is 0 Å². The third-order valence-electron chi connectivity index (χ3n) is 6.78. The number of ether oxygens (including phenoxy) is 1. The molecule has 26 heavy (non-hydrogen) atoms. The Kier molecular flexibility index (Phi) is 4.60. The summed E-state index contributed by atoms with van der Waals surface area (Å²) >= 11 is 1.53. The smallest absolute Gasteiger partial charge is 0.469 e. The number of hydrogen-bond donors (Lipinski definition) is 0. The van der Waals surface area contributed by atoms with Gasteiger partial charge in [0.1, 0.15) is 0 Å². The summed E-state index contributed by atoms with van der Waals surface area (Å²) in [6, 6.07) is 5.77. The second kappa shape index (κ2) is 6.53. The molecule has 1 saturated heterocycles. The van der Waals surface area contributed by atoms with Crippen molar-refractivity contribution in [1.82, 2.24) is 4.98 Å². The molecule has 0 aromatic carbocycles. The van der Waals surface area contributed by atoms with E-state index in [4.69, 9.17) is 14.0 Å². The monoisotopic (exact) mass is 375 g/mol. The van der Waals surface area contributed by atoms with Gasteiger partial charge in [-0.3, -0.25) is 4.79 Å². The number of esters is 1. The fourth-order valence-corrected chi connectivity index (χ4v) is 6.11. The van der Waals surface area contributed by atoms with Crippen molar-refractivity contribution in [2.75, 3.05) is 7.11 Å². The van der Waals surface area contributed by atoms with E-state index in [-0.39, 0.29) is 29.2 Å². The molecule has 7 heteroatoms. The predicted molar refractivity (Wildman–Crippen MR) is 101 cm³/mol. The van der Waals surface area contributed by atoms with Gasteiger partial charge in [-0.2, -0.15) is 0 Å². The molecule has 4 aliphatic rings. The molecule has 5 atom stereocenters. The first-order chi connectivity index (χ1) is 12.3. The van der Waals surface area contributed by atoms with Crippen molar-refractivity contribution in [1.29, 1.82) is 0 Å². The topological polar surface area (TPSA) is 57.7 Å². The molecular formula is C19H26BNO4S. The van der Waals surface area contributed by atoms with Crippen LogP contribution in [-0.2, 0) is 18.8 Å². The molecule has 1 aromatic rings. The van der Waals surface area contributed by atoms with Gasteiger partial charge in [-0.15, -0.1) is 11.8 Å². The van der Waals surface area contributed by atoms with Crippen molar-refractivity contribution in [2.45, 2.75) is 61.9 Å². The average molecular weight is 375 g/mol. The Hall–Kier alpha value is -1.05. The standard InChI is InChI=1S/C19H26BNO4S/c1-18(2)12-9-13(18)19(3)14(10-12)24-20(25-19)15(11-17(22)23-4)26-16-7-5-6-8-21-16/h5-8,12-15H,9-11H2,1-4H3/t12-,13+,14+,15?,19-/m0/s1. The van der Waals surface area contributed by atoms with Crippen LogP contribution in [0.2, 0.25) is 0 Å². The zero-order valence-corrected chi connectivity index (χ0v) is 16.6. The van der Waals surface area contributed by atoms with Gasteiger partial charge in [0, 0.05) is 6.20 Å². The van der Waals surface area contributed by atoms with Gasteiger partial charge in [-0.05, 0) is 49.1 Å². The SMILES string of the molecule is COC(=O)CC(Sc1ccccn1)B1O[C@@H]2C[C@@H]3C[C@H](C3(C)C)[C@]2(C)O1. The van der Waals surface area contributed by atoms with E-state index in [0.29, 0.717) is 17.3 Å². The first kappa shape index (κ1) is 18.3. The molecule has 1 unspecified atom stereocenters. The summed E-state index contributed by atoms with van der Waals surface area (Å²) in [5.74, 6) is 0.952. The van der Waals surface area contributed by atoms with Crippen molar-refractivity contribution in [3.8, 4) is 0 Å². The molecule has 1 aromatic heterocycles. The minimum absolute atomic E-state index is 0.105.